The molecule has 0 unspecified atom stereocenters. The summed E-state index contributed by atoms with van der Waals surface area (Å²) in [4.78, 5) is 33.7. The van der Waals surface area contributed by atoms with Gasteiger partial charge in [0.25, 0.3) is 0 Å². The van der Waals surface area contributed by atoms with E-state index in [0.717, 1.165) is 0 Å². The van der Waals surface area contributed by atoms with E-state index in [2.05, 4.69) is 0 Å². The normalized spacial score (nSPS) is 12.9. The summed E-state index contributed by atoms with van der Waals surface area (Å²) in [5.41, 5.74) is 4.86. The van der Waals surface area contributed by atoms with E-state index >= 15 is 0 Å². The third kappa shape index (κ3) is 8.00. The molecule has 0 fully saturated rings. The molecule has 0 saturated carbocycles. The first kappa shape index (κ1) is 19.0. The van der Waals surface area contributed by atoms with E-state index in [-0.39, 0.29) is 12.8 Å². The lowest BCUT2D eigenvalue weighted by atomic mass is 10.1. The summed E-state index contributed by atoms with van der Waals surface area (Å²) in [5, 5.41) is 10.8. The van der Waals surface area contributed by atoms with Crippen molar-refractivity contribution in [1.29, 1.82) is 0 Å². The van der Waals surface area contributed by atoms with Crippen LogP contribution in [0.3, 0.4) is 0 Å². The van der Waals surface area contributed by atoms with Gasteiger partial charge in [-0.2, -0.15) is 13.2 Å². The zero-order chi connectivity index (χ0) is 16.8. The molecular formula is C11H18F3N3O4. The molecule has 0 rings (SSSR count). The second-order valence-electron chi connectivity index (χ2n) is 4.68. The highest BCUT2D eigenvalue weighted by molar-refractivity contribution is 5.83. The van der Waals surface area contributed by atoms with Crippen LogP contribution in [0.25, 0.3) is 0 Å². The van der Waals surface area contributed by atoms with Gasteiger partial charge in [-0.1, -0.05) is 0 Å². The lowest BCUT2D eigenvalue weighted by Crippen LogP contribution is -2.52. The fourth-order valence-electron chi connectivity index (χ4n) is 1.46. The number of hydrogen-bond acceptors (Lipinski definition) is 3. The molecule has 0 saturated heterocycles. The van der Waals surface area contributed by atoms with Gasteiger partial charge in [-0.15, -0.1) is 0 Å². The Bertz CT molecular complexity index is 399. The van der Waals surface area contributed by atoms with Gasteiger partial charge >= 0.3 is 18.2 Å². The van der Waals surface area contributed by atoms with Gasteiger partial charge in [-0.25, -0.2) is 9.59 Å². The Labute approximate surface area is 119 Å². The number of halogens is 3. The second-order valence-corrected chi connectivity index (χ2v) is 4.68. The summed E-state index contributed by atoms with van der Waals surface area (Å²) in [7, 11) is 0. The summed E-state index contributed by atoms with van der Waals surface area (Å²) < 4.78 is 37.1. The molecular weight excluding hydrogens is 295 g/mol. The van der Waals surface area contributed by atoms with Crippen LogP contribution in [0.1, 0.15) is 26.7 Å². The van der Waals surface area contributed by atoms with Gasteiger partial charge in [0.05, 0.1) is 0 Å². The van der Waals surface area contributed by atoms with Gasteiger partial charge in [0.15, 0.2) is 0 Å². The van der Waals surface area contributed by atoms with E-state index in [1.165, 1.54) is 13.8 Å². The van der Waals surface area contributed by atoms with E-state index < -0.39 is 42.7 Å². The average molecular weight is 313 g/mol. The third-order valence-electron chi connectivity index (χ3n) is 2.51. The van der Waals surface area contributed by atoms with Crippen LogP contribution in [0.5, 0.6) is 0 Å². The molecule has 0 aromatic carbocycles. The van der Waals surface area contributed by atoms with Crippen LogP contribution in [0.2, 0.25) is 0 Å². The van der Waals surface area contributed by atoms with Crippen LogP contribution in [0, 0.1) is 0 Å². The fraction of sp³-hybridized carbons (Fsp3) is 0.727. The van der Waals surface area contributed by atoms with Crippen molar-refractivity contribution in [1.82, 2.24) is 10.2 Å². The minimum atomic E-state index is -4.60. The van der Waals surface area contributed by atoms with Crippen LogP contribution >= 0.6 is 0 Å². The maximum atomic E-state index is 12.4. The molecule has 122 valence electrons. The predicted octanol–water partition coefficient (Wildman–Crippen LogP) is 0.687. The quantitative estimate of drug-likeness (QED) is 0.641. The van der Waals surface area contributed by atoms with Crippen molar-refractivity contribution in [3.05, 3.63) is 0 Å². The SMILES string of the molecule is CC(C)N(CC(F)(F)F)C(=O)N[C@@H](CCC(N)=O)C(=O)O. The van der Waals surface area contributed by atoms with Crippen molar-refractivity contribution in [2.45, 2.75) is 44.9 Å². The minimum Gasteiger partial charge on any atom is -0.480 e. The molecule has 0 radical (unpaired) electrons. The van der Waals surface area contributed by atoms with E-state index in [4.69, 9.17) is 10.8 Å². The number of carbonyl (C=O) groups is 3. The molecule has 21 heavy (non-hydrogen) atoms. The Morgan fingerprint density at radius 2 is 1.81 bits per heavy atom. The van der Waals surface area contributed by atoms with Crippen molar-refractivity contribution >= 4 is 17.9 Å². The van der Waals surface area contributed by atoms with Gasteiger partial charge in [0, 0.05) is 12.5 Å². The van der Waals surface area contributed by atoms with Crippen LogP contribution in [0.4, 0.5) is 18.0 Å². The largest absolute Gasteiger partial charge is 0.480 e. The molecule has 0 aliphatic carbocycles. The Morgan fingerprint density at radius 1 is 1.29 bits per heavy atom. The Morgan fingerprint density at radius 3 is 2.14 bits per heavy atom. The van der Waals surface area contributed by atoms with Crippen LogP contribution in [0.15, 0.2) is 0 Å². The van der Waals surface area contributed by atoms with Crippen molar-refractivity contribution in [2.75, 3.05) is 6.54 Å². The third-order valence-corrected chi connectivity index (χ3v) is 2.51. The van der Waals surface area contributed by atoms with Crippen LogP contribution in [-0.4, -0.2) is 52.7 Å². The van der Waals surface area contributed by atoms with Crippen molar-refractivity contribution in [2.24, 2.45) is 5.73 Å². The molecule has 0 aromatic rings. The average Bonchev–Trinajstić information content (AvgIpc) is 2.29. The number of urea groups is 1. The van der Waals surface area contributed by atoms with Crippen molar-refractivity contribution in [3.63, 3.8) is 0 Å². The lowest BCUT2D eigenvalue weighted by molar-refractivity contribution is -0.143. The molecule has 3 amide bonds. The molecule has 0 spiro atoms. The first-order valence-corrected chi connectivity index (χ1v) is 6.09. The van der Waals surface area contributed by atoms with E-state index in [0.29, 0.717) is 4.90 Å². The van der Waals surface area contributed by atoms with Gasteiger partial charge < -0.3 is 21.1 Å². The fourth-order valence-corrected chi connectivity index (χ4v) is 1.46. The minimum absolute atomic E-state index is 0.297. The summed E-state index contributed by atoms with van der Waals surface area (Å²) >= 11 is 0. The number of primary amides is 1. The molecule has 0 aliphatic rings. The molecule has 4 N–H and O–H groups in total. The number of aliphatic carboxylic acids is 1. The van der Waals surface area contributed by atoms with E-state index in [1.807, 2.05) is 5.32 Å². The second kappa shape index (κ2) is 7.70. The first-order valence-electron chi connectivity index (χ1n) is 6.09. The van der Waals surface area contributed by atoms with Gasteiger partial charge in [0.2, 0.25) is 5.91 Å². The first-order chi connectivity index (χ1) is 9.44. The summed E-state index contributed by atoms with van der Waals surface area (Å²) in [6.45, 7) is 1.23. The molecule has 1 atom stereocenters. The maximum Gasteiger partial charge on any atom is 0.406 e. The highest BCUT2D eigenvalue weighted by Gasteiger charge is 2.35. The number of rotatable bonds is 7. The summed E-state index contributed by atoms with van der Waals surface area (Å²) in [6.07, 6.45) is -5.21. The number of amides is 3. The smallest absolute Gasteiger partial charge is 0.406 e. The maximum absolute atomic E-state index is 12.4. The number of nitrogens with two attached hydrogens (primary N) is 1. The Hall–Kier alpha value is -2.00. The van der Waals surface area contributed by atoms with E-state index in [9.17, 15) is 27.6 Å². The summed E-state index contributed by atoms with van der Waals surface area (Å²) in [6, 6.07) is -3.43. The molecule has 10 heteroatoms. The molecule has 0 aliphatic heterocycles. The number of nitrogens with zero attached hydrogens (tertiary/aromatic N) is 1. The molecule has 0 bridgehead atoms. The predicted molar refractivity (Wildman–Crippen MR) is 66.3 cm³/mol. The number of nitrogens with one attached hydrogen (secondary N) is 1. The van der Waals surface area contributed by atoms with Gasteiger partial charge in [-0.05, 0) is 20.3 Å². The lowest BCUT2D eigenvalue weighted by Gasteiger charge is -2.29. The number of alkyl halides is 3. The number of carbonyl (C=O) groups excluding carboxylic acids is 2. The standard InChI is InChI=1S/C11H18F3N3O4/c1-6(2)17(5-11(12,13)14)10(21)16-7(9(19)20)3-4-8(15)18/h6-7H,3-5H2,1-2H3,(H2,15,18)(H,16,21)(H,19,20)/t7-/m0/s1. The zero-order valence-electron chi connectivity index (χ0n) is 11.6. The van der Waals surface area contributed by atoms with E-state index in [1.54, 1.807) is 0 Å². The Kier molecular flexibility index (Phi) is 6.96. The molecule has 0 aromatic heterocycles. The van der Waals surface area contributed by atoms with Crippen LogP contribution < -0.4 is 11.1 Å². The number of hydrogen-bond donors (Lipinski definition) is 3. The van der Waals surface area contributed by atoms with Crippen LogP contribution in [-0.2, 0) is 9.59 Å². The molecule has 0 heterocycles. The Balaban J connectivity index is 4.83. The summed E-state index contributed by atoms with van der Waals surface area (Å²) in [5.74, 6) is -2.23. The number of carboxylic acids is 1. The monoisotopic (exact) mass is 313 g/mol. The topological polar surface area (TPSA) is 113 Å². The highest BCUT2D eigenvalue weighted by atomic mass is 19.4. The van der Waals surface area contributed by atoms with Crippen molar-refractivity contribution < 1.29 is 32.7 Å². The highest BCUT2D eigenvalue weighted by Crippen LogP contribution is 2.18. The zero-order valence-corrected chi connectivity index (χ0v) is 11.6. The van der Waals surface area contributed by atoms with Gasteiger partial charge in [-0.3, -0.25) is 4.79 Å². The number of carboxylic acid groups (broad SMARTS) is 1. The molecule has 7 nitrogen and oxygen atoms in total. The van der Waals surface area contributed by atoms with Gasteiger partial charge in [0.1, 0.15) is 12.6 Å². The van der Waals surface area contributed by atoms with Crippen molar-refractivity contribution in [3.8, 4) is 0 Å².